The van der Waals surface area contributed by atoms with Crippen LogP contribution in [0.3, 0.4) is 0 Å². The number of aromatic nitrogens is 2. The van der Waals surface area contributed by atoms with Crippen LogP contribution in [0.1, 0.15) is 30.0 Å². The van der Waals surface area contributed by atoms with Crippen LogP contribution >= 0.6 is 22.9 Å². The molecule has 4 nitrogen and oxygen atoms in total. The molecule has 2 aromatic rings. The zero-order valence-electron chi connectivity index (χ0n) is 13.0. The van der Waals surface area contributed by atoms with Gasteiger partial charge in [-0.2, -0.15) is 5.10 Å². The van der Waals surface area contributed by atoms with Crippen LogP contribution in [0, 0.1) is 12.8 Å². The number of hydrogen-bond acceptors (Lipinski definition) is 3. The van der Waals surface area contributed by atoms with Crippen molar-refractivity contribution in [2.45, 2.75) is 33.9 Å². The molecule has 0 aliphatic heterocycles. The monoisotopic (exact) mass is 337 g/mol. The van der Waals surface area contributed by atoms with Gasteiger partial charge in [0.25, 0.3) is 0 Å². The lowest BCUT2D eigenvalue weighted by Gasteiger charge is -2.05. The number of hydrogen-bond donors (Lipinski definition) is 1. The van der Waals surface area contributed by atoms with Gasteiger partial charge in [-0.25, -0.2) is 0 Å². The first-order valence-electron chi connectivity index (χ1n) is 7.18. The Morgan fingerprint density at radius 2 is 2.32 bits per heavy atom. The summed E-state index contributed by atoms with van der Waals surface area (Å²) < 4.78 is 1.78. The molecule has 0 radical (unpaired) electrons. The summed E-state index contributed by atoms with van der Waals surface area (Å²) in [4.78, 5) is 13.0. The number of thiophene rings is 1. The molecular weight excluding hydrogens is 318 g/mol. The first-order chi connectivity index (χ1) is 10.5. The Morgan fingerprint density at radius 3 is 2.95 bits per heavy atom. The molecular formula is C16H20ClN3OS. The molecule has 0 aliphatic rings. The van der Waals surface area contributed by atoms with Crippen molar-refractivity contribution in [3.63, 3.8) is 0 Å². The Labute approximate surface area is 139 Å². The van der Waals surface area contributed by atoms with E-state index >= 15 is 0 Å². The number of amides is 1. The summed E-state index contributed by atoms with van der Waals surface area (Å²) in [6, 6.07) is 3.96. The van der Waals surface area contributed by atoms with Crippen LogP contribution in [0.25, 0.3) is 6.08 Å². The molecule has 0 aliphatic carbocycles. The predicted molar refractivity (Wildman–Crippen MR) is 92.0 cm³/mol. The number of carbonyl (C=O) groups excluding carboxylic acids is 1. The molecule has 0 fully saturated rings. The molecule has 118 valence electrons. The highest BCUT2D eigenvalue weighted by atomic mass is 35.5. The molecule has 0 unspecified atom stereocenters. The van der Waals surface area contributed by atoms with Gasteiger partial charge in [0.05, 0.1) is 12.2 Å². The molecule has 1 amide bonds. The summed E-state index contributed by atoms with van der Waals surface area (Å²) in [5.41, 5.74) is 1.63. The van der Waals surface area contributed by atoms with E-state index in [9.17, 15) is 4.79 Å². The van der Waals surface area contributed by atoms with E-state index < -0.39 is 0 Å². The Hall–Kier alpha value is -1.59. The summed E-state index contributed by atoms with van der Waals surface area (Å²) in [5, 5.41) is 9.83. The molecule has 1 N–H and O–H groups in total. The Morgan fingerprint density at radius 1 is 1.55 bits per heavy atom. The fourth-order valence-electron chi connectivity index (χ4n) is 2.03. The van der Waals surface area contributed by atoms with Gasteiger partial charge in [-0.3, -0.25) is 9.48 Å². The molecule has 0 spiro atoms. The van der Waals surface area contributed by atoms with Gasteiger partial charge in [0, 0.05) is 23.1 Å². The number of nitrogens with one attached hydrogen (secondary N) is 1. The lowest BCUT2D eigenvalue weighted by atomic mass is 10.2. The van der Waals surface area contributed by atoms with Crippen LogP contribution in [-0.4, -0.2) is 15.7 Å². The number of rotatable bonds is 6. The molecule has 2 rings (SSSR count). The Bertz CT molecular complexity index is 659. The summed E-state index contributed by atoms with van der Waals surface area (Å²) in [7, 11) is 0. The highest BCUT2D eigenvalue weighted by molar-refractivity contribution is 7.09. The second kappa shape index (κ2) is 7.61. The van der Waals surface area contributed by atoms with Crippen LogP contribution < -0.4 is 5.32 Å². The maximum Gasteiger partial charge on any atom is 0.244 e. The van der Waals surface area contributed by atoms with Gasteiger partial charge >= 0.3 is 0 Å². The number of aryl methyl sites for hydroxylation is 1. The Kier molecular flexibility index (Phi) is 5.80. The van der Waals surface area contributed by atoms with Gasteiger partial charge in [-0.1, -0.05) is 31.5 Å². The quantitative estimate of drug-likeness (QED) is 0.813. The molecule has 0 aromatic carbocycles. The van der Waals surface area contributed by atoms with Gasteiger partial charge < -0.3 is 5.32 Å². The highest BCUT2D eigenvalue weighted by Crippen LogP contribution is 2.22. The van der Waals surface area contributed by atoms with Crippen molar-refractivity contribution in [2.24, 2.45) is 5.92 Å². The molecule has 2 aromatic heterocycles. The van der Waals surface area contributed by atoms with E-state index in [4.69, 9.17) is 11.6 Å². The maximum absolute atomic E-state index is 11.9. The molecule has 6 heteroatoms. The van der Waals surface area contributed by atoms with E-state index in [-0.39, 0.29) is 5.91 Å². The van der Waals surface area contributed by atoms with Gasteiger partial charge in [-0.05, 0) is 30.4 Å². The summed E-state index contributed by atoms with van der Waals surface area (Å²) in [5.74, 6) is 0.322. The van der Waals surface area contributed by atoms with Crippen molar-refractivity contribution in [1.82, 2.24) is 15.1 Å². The van der Waals surface area contributed by atoms with Crippen LogP contribution in [0.15, 0.2) is 23.6 Å². The number of nitrogens with zero attached hydrogens (tertiary/aromatic N) is 2. The van der Waals surface area contributed by atoms with Gasteiger partial charge in [-0.15, -0.1) is 11.3 Å². The third-order valence-electron chi connectivity index (χ3n) is 3.07. The lowest BCUT2D eigenvalue weighted by molar-refractivity contribution is -0.116. The smallest absolute Gasteiger partial charge is 0.244 e. The minimum Gasteiger partial charge on any atom is -0.348 e. The van der Waals surface area contributed by atoms with E-state index in [2.05, 4.69) is 24.3 Å². The van der Waals surface area contributed by atoms with Crippen molar-refractivity contribution in [2.75, 3.05) is 0 Å². The normalized spacial score (nSPS) is 11.5. The average molecular weight is 338 g/mol. The molecule has 22 heavy (non-hydrogen) atoms. The van der Waals surface area contributed by atoms with Crippen molar-refractivity contribution >= 4 is 34.9 Å². The standard InChI is InChI=1S/C16H20ClN3OS/c1-11(2)10-20-16(17)14(12(3)19-20)6-7-15(21)18-9-13-5-4-8-22-13/h4-8,11H,9-10H2,1-3H3,(H,18,21)/b7-6+. The van der Waals surface area contributed by atoms with E-state index in [0.717, 1.165) is 22.7 Å². The second-order valence-corrected chi connectivity index (χ2v) is 6.89. The summed E-state index contributed by atoms with van der Waals surface area (Å²) in [6.07, 6.45) is 3.23. The van der Waals surface area contributed by atoms with E-state index in [1.165, 1.54) is 6.08 Å². The molecule has 0 bridgehead atoms. The average Bonchev–Trinajstić information content (AvgIpc) is 3.04. The molecule has 2 heterocycles. The lowest BCUT2D eigenvalue weighted by Crippen LogP contribution is -2.19. The SMILES string of the molecule is Cc1nn(CC(C)C)c(Cl)c1/C=C/C(=O)NCc1cccs1. The van der Waals surface area contributed by atoms with Crippen LogP contribution in [0.2, 0.25) is 5.15 Å². The van der Waals surface area contributed by atoms with E-state index in [1.54, 1.807) is 22.1 Å². The third kappa shape index (κ3) is 4.45. The predicted octanol–water partition coefficient (Wildman–Crippen LogP) is 3.89. The molecule has 0 saturated carbocycles. The minimum atomic E-state index is -0.138. The largest absolute Gasteiger partial charge is 0.348 e. The van der Waals surface area contributed by atoms with Crippen LogP contribution in [0.5, 0.6) is 0 Å². The van der Waals surface area contributed by atoms with E-state index in [0.29, 0.717) is 17.6 Å². The van der Waals surface area contributed by atoms with Crippen LogP contribution in [-0.2, 0) is 17.9 Å². The highest BCUT2D eigenvalue weighted by Gasteiger charge is 2.12. The number of carbonyl (C=O) groups is 1. The van der Waals surface area contributed by atoms with E-state index in [1.807, 2.05) is 24.4 Å². The fraction of sp³-hybridized carbons (Fsp3) is 0.375. The maximum atomic E-state index is 11.9. The van der Waals surface area contributed by atoms with Crippen molar-refractivity contribution in [3.05, 3.63) is 44.9 Å². The van der Waals surface area contributed by atoms with Crippen molar-refractivity contribution < 1.29 is 4.79 Å². The molecule has 0 atom stereocenters. The van der Waals surface area contributed by atoms with Crippen LogP contribution in [0.4, 0.5) is 0 Å². The zero-order valence-corrected chi connectivity index (χ0v) is 14.5. The first-order valence-corrected chi connectivity index (χ1v) is 8.44. The first kappa shape index (κ1) is 16.8. The van der Waals surface area contributed by atoms with Gasteiger partial charge in [0.1, 0.15) is 5.15 Å². The second-order valence-electron chi connectivity index (χ2n) is 5.50. The zero-order chi connectivity index (χ0) is 16.1. The van der Waals surface area contributed by atoms with Gasteiger partial charge in [0.2, 0.25) is 5.91 Å². The summed E-state index contributed by atoms with van der Waals surface area (Å²) in [6.45, 7) is 7.42. The minimum absolute atomic E-state index is 0.138. The third-order valence-corrected chi connectivity index (χ3v) is 4.34. The number of halogens is 1. The molecule has 0 saturated heterocycles. The summed E-state index contributed by atoms with van der Waals surface area (Å²) >= 11 is 7.95. The Balaban J connectivity index is 2.00. The van der Waals surface area contributed by atoms with Crippen molar-refractivity contribution in [3.8, 4) is 0 Å². The fourth-order valence-corrected chi connectivity index (χ4v) is 2.98. The van der Waals surface area contributed by atoms with Crippen molar-refractivity contribution in [1.29, 1.82) is 0 Å². The topological polar surface area (TPSA) is 46.9 Å². The van der Waals surface area contributed by atoms with Gasteiger partial charge in [0.15, 0.2) is 0 Å².